The molecule has 1 aromatic heterocycles. The van der Waals surface area contributed by atoms with Crippen LogP contribution in [0.2, 0.25) is 0 Å². The number of hydrogen-bond donors (Lipinski definition) is 1. The Balaban J connectivity index is 0.00000242. The van der Waals surface area contributed by atoms with E-state index in [1.165, 1.54) is 5.56 Å². The highest BCUT2D eigenvalue weighted by atomic mass is 35.5. The smallest absolute Gasteiger partial charge is 0.240 e. The number of nitrogens with two attached hydrogens (primary N) is 1. The average molecular weight is 325 g/mol. The minimum Gasteiger partial charge on any atom is -0.497 e. The molecule has 0 fully saturated rings. The molecule has 0 aliphatic carbocycles. The number of nitrogens with zero attached hydrogens (tertiary/aromatic N) is 3. The molecule has 0 bridgehead atoms. The SMILES string of the molecule is C=CCN(Cc1ccc(OC)cc1)Cc1noc(CN)n1.Cl. The van der Waals surface area contributed by atoms with Crippen LogP contribution >= 0.6 is 12.4 Å². The summed E-state index contributed by atoms with van der Waals surface area (Å²) in [5.41, 5.74) is 6.65. The molecular formula is C15H21ClN4O2. The fourth-order valence-electron chi connectivity index (χ4n) is 1.99. The lowest BCUT2D eigenvalue weighted by molar-refractivity contribution is 0.271. The summed E-state index contributed by atoms with van der Waals surface area (Å²) in [6.07, 6.45) is 1.85. The van der Waals surface area contributed by atoms with Crippen LogP contribution in [0.15, 0.2) is 41.4 Å². The molecule has 22 heavy (non-hydrogen) atoms. The molecule has 0 unspecified atom stereocenters. The summed E-state index contributed by atoms with van der Waals surface area (Å²) in [6, 6.07) is 7.97. The molecule has 0 aliphatic heterocycles. The van der Waals surface area contributed by atoms with Gasteiger partial charge in [0.2, 0.25) is 5.89 Å². The summed E-state index contributed by atoms with van der Waals surface area (Å²) >= 11 is 0. The number of rotatable bonds is 8. The van der Waals surface area contributed by atoms with Gasteiger partial charge in [-0.1, -0.05) is 23.4 Å². The van der Waals surface area contributed by atoms with E-state index in [-0.39, 0.29) is 19.0 Å². The predicted molar refractivity (Wildman–Crippen MR) is 86.7 cm³/mol. The molecule has 2 aromatic rings. The Bertz CT molecular complexity index is 571. The Morgan fingerprint density at radius 2 is 2.05 bits per heavy atom. The zero-order valence-electron chi connectivity index (χ0n) is 12.6. The van der Waals surface area contributed by atoms with Crippen LogP contribution in [0.4, 0.5) is 0 Å². The van der Waals surface area contributed by atoms with Crippen molar-refractivity contribution >= 4 is 12.4 Å². The van der Waals surface area contributed by atoms with Crippen molar-refractivity contribution in [3.8, 4) is 5.75 Å². The maximum atomic E-state index is 5.47. The van der Waals surface area contributed by atoms with E-state index in [0.717, 1.165) is 18.8 Å². The van der Waals surface area contributed by atoms with Crippen LogP contribution in [0.3, 0.4) is 0 Å². The van der Waals surface area contributed by atoms with E-state index in [1.807, 2.05) is 30.3 Å². The minimum atomic E-state index is 0. The van der Waals surface area contributed by atoms with Crippen LogP contribution in [0, 0.1) is 0 Å². The highest BCUT2D eigenvalue weighted by Crippen LogP contribution is 2.14. The first-order valence-electron chi connectivity index (χ1n) is 6.73. The van der Waals surface area contributed by atoms with Crippen molar-refractivity contribution in [1.82, 2.24) is 15.0 Å². The van der Waals surface area contributed by atoms with Crippen LogP contribution in [0.25, 0.3) is 0 Å². The molecule has 2 rings (SSSR count). The van der Waals surface area contributed by atoms with E-state index >= 15 is 0 Å². The highest BCUT2D eigenvalue weighted by Gasteiger charge is 2.11. The fourth-order valence-corrected chi connectivity index (χ4v) is 1.99. The van der Waals surface area contributed by atoms with Gasteiger partial charge in [-0.15, -0.1) is 19.0 Å². The molecule has 0 atom stereocenters. The number of methoxy groups -OCH3 is 1. The van der Waals surface area contributed by atoms with Crippen LogP contribution in [0.1, 0.15) is 17.3 Å². The maximum Gasteiger partial charge on any atom is 0.240 e. The largest absolute Gasteiger partial charge is 0.497 e. The number of hydrogen-bond acceptors (Lipinski definition) is 6. The predicted octanol–water partition coefficient (Wildman–Crippen LogP) is 2.15. The molecular weight excluding hydrogens is 304 g/mol. The molecule has 0 saturated heterocycles. The second-order valence-corrected chi connectivity index (χ2v) is 4.61. The van der Waals surface area contributed by atoms with Gasteiger partial charge in [0, 0.05) is 13.1 Å². The molecule has 1 aromatic carbocycles. The van der Waals surface area contributed by atoms with Gasteiger partial charge in [-0.3, -0.25) is 4.90 Å². The summed E-state index contributed by atoms with van der Waals surface area (Å²) in [7, 11) is 1.66. The van der Waals surface area contributed by atoms with Gasteiger partial charge in [0.25, 0.3) is 0 Å². The van der Waals surface area contributed by atoms with Crippen molar-refractivity contribution < 1.29 is 9.26 Å². The van der Waals surface area contributed by atoms with Crippen LogP contribution in [0.5, 0.6) is 5.75 Å². The second-order valence-electron chi connectivity index (χ2n) is 4.61. The number of benzene rings is 1. The Kier molecular flexibility index (Phi) is 7.59. The molecule has 2 N–H and O–H groups in total. The molecule has 1 heterocycles. The van der Waals surface area contributed by atoms with E-state index in [1.54, 1.807) is 7.11 Å². The molecule has 7 heteroatoms. The van der Waals surface area contributed by atoms with E-state index in [4.69, 9.17) is 15.0 Å². The fraction of sp³-hybridized carbons (Fsp3) is 0.333. The lowest BCUT2D eigenvalue weighted by Crippen LogP contribution is -2.23. The average Bonchev–Trinajstić information content (AvgIpc) is 2.96. The molecule has 0 spiro atoms. The summed E-state index contributed by atoms with van der Waals surface area (Å²) in [4.78, 5) is 6.39. The van der Waals surface area contributed by atoms with Crippen molar-refractivity contribution in [2.75, 3.05) is 13.7 Å². The van der Waals surface area contributed by atoms with E-state index in [0.29, 0.717) is 18.3 Å². The normalized spacial score (nSPS) is 10.3. The molecule has 0 aliphatic rings. The van der Waals surface area contributed by atoms with Crippen LogP contribution < -0.4 is 10.5 Å². The summed E-state index contributed by atoms with van der Waals surface area (Å²) in [5, 5.41) is 3.92. The van der Waals surface area contributed by atoms with Crippen molar-refractivity contribution in [3.63, 3.8) is 0 Å². The van der Waals surface area contributed by atoms with Gasteiger partial charge < -0.3 is 15.0 Å². The van der Waals surface area contributed by atoms with Crippen molar-refractivity contribution in [3.05, 3.63) is 54.2 Å². The monoisotopic (exact) mass is 324 g/mol. The number of ether oxygens (including phenoxy) is 1. The van der Waals surface area contributed by atoms with Crippen molar-refractivity contribution in [1.29, 1.82) is 0 Å². The Hall–Kier alpha value is -1.89. The first kappa shape index (κ1) is 18.2. The summed E-state index contributed by atoms with van der Waals surface area (Å²) in [6.45, 7) is 6.13. The second kappa shape index (κ2) is 9.19. The molecule has 0 radical (unpaired) electrons. The number of aromatic nitrogens is 2. The third kappa shape index (κ3) is 5.14. The first-order chi connectivity index (χ1) is 10.2. The molecule has 120 valence electrons. The Morgan fingerprint density at radius 3 is 2.59 bits per heavy atom. The standard InChI is InChI=1S/C15H20N4O2.ClH/c1-3-8-19(11-14-17-15(9-16)21-18-14)10-12-4-6-13(20-2)7-5-12;/h3-7H,1,8-11,16H2,2H3;1H. The Labute approximate surface area is 136 Å². The topological polar surface area (TPSA) is 77.4 Å². The molecule has 0 amide bonds. The lowest BCUT2D eigenvalue weighted by atomic mass is 10.2. The van der Waals surface area contributed by atoms with Gasteiger partial charge in [-0.25, -0.2) is 0 Å². The van der Waals surface area contributed by atoms with Crippen LogP contribution in [-0.2, 0) is 19.6 Å². The zero-order valence-corrected chi connectivity index (χ0v) is 13.4. The van der Waals surface area contributed by atoms with Gasteiger partial charge in [0.15, 0.2) is 5.82 Å². The van der Waals surface area contributed by atoms with Crippen molar-refractivity contribution in [2.24, 2.45) is 5.73 Å². The zero-order chi connectivity index (χ0) is 15.1. The third-order valence-electron chi connectivity index (χ3n) is 3.00. The first-order valence-corrected chi connectivity index (χ1v) is 6.73. The third-order valence-corrected chi connectivity index (χ3v) is 3.00. The molecule has 6 nitrogen and oxygen atoms in total. The van der Waals surface area contributed by atoms with E-state index < -0.39 is 0 Å². The van der Waals surface area contributed by atoms with Gasteiger partial charge in [-0.2, -0.15) is 4.98 Å². The lowest BCUT2D eigenvalue weighted by Gasteiger charge is -2.18. The van der Waals surface area contributed by atoms with Gasteiger partial charge in [-0.05, 0) is 17.7 Å². The molecule has 0 saturated carbocycles. The highest BCUT2D eigenvalue weighted by molar-refractivity contribution is 5.85. The number of halogens is 1. The van der Waals surface area contributed by atoms with Gasteiger partial charge >= 0.3 is 0 Å². The van der Waals surface area contributed by atoms with Crippen molar-refractivity contribution in [2.45, 2.75) is 19.6 Å². The van der Waals surface area contributed by atoms with Crippen LogP contribution in [-0.4, -0.2) is 28.7 Å². The minimum absolute atomic E-state index is 0. The maximum absolute atomic E-state index is 5.47. The Morgan fingerprint density at radius 1 is 1.32 bits per heavy atom. The van der Waals surface area contributed by atoms with Gasteiger partial charge in [0.1, 0.15) is 5.75 Å². The van der Waals surface area contributed by atoms with Gasteiger partial charge in [0.05, 0.1) is 20.2 Å². The summed E-state index contributed by atoms with van der Waals surface area (Å²) in [5.74, 6) is 1.93. The summed E-state index contributed by atoms with van der Waals surface area (Å²) < 4.78 is 10.2. The quantitative estimate of drug-likeness (QED) is 0.750. The van der Waals surface area contributed by atoms with E-state index in [9.17, 15) is 0 Å². The van der Waals surface area contributed by atoms with E-state index in [2.05, 4.69) is 21.6 Å².